The molecule has 138 valence electrons. The number of piperidine rings is 1. The summed E-state index contributed by atoms with van der Waals surface area (Å²) in [7, 11) is -3.59. The number of likely N-dealkylation sites (tertiary alicyclic amines) is 2. The largest absolute Gasteiger partial charge is 0.444 e. The highest BCUT2D eigenvalue weighted by atomic mass is 32.2. The molecule has 0 aromatic rings. The minimum Gasteiger partial charge on any atom is -0.444 e. The average Bonchev–Trinajstić information content (AvgIpc) is 2.75. The smallest absolute Gasteiger partial charge is 0.410 e. The van der Waals surface area contributed by atoms with Gasteiger partial charge in [-0.3, -0.25) is 4.79 Å². The van der Waals surface area contributed by atoms with Gasteiger partial charge < -0.3 is 14.5 Å². The van der Waals surface area contributed by atoms with Crippen molar-refractivity contribution in [2.24, 2.45) is 11.1 Å². The highest BCUT2D eigenvalue weighted by Crippen LogP contribution is 2.26. The Balaban J connectivity index is 1.97. The lowest BCUT2D eigenvalue weighted by Gasteiger charge is -2.38. The van der Waals surface area contributed by atoms with Gasteiger partial charge in [-0.25, -0.2) is 18.4 Å². The van der Waals surface area contributed by atoms with E-state index in [1.807, 2.05) is 20.8 Å². The van der Waals surface area contributed by atoms with E-state index in [-0.39, 0.29) is 36.1 Å². The Morgan fingerprint density at radius 1 is 1.33 bits per heavy atom. The number of sulfonamides is 1. The number of nitrogens with two attached hydrogens (primary N) is 1. The van der Waals surface area contributed by atoms with Crippen LogP contribution >= 0.6 is 0 Å². The molecule has 2 heterocycles. The van der Waals surface area contributed by atoms with Crippen LogP contribution in [0.3, 0.4) is 0 Å². The predicted molar refractivity (Wildman–Crippen MR) is 88.6 cm³/mol. The van der Waals surface area contributed by atoms with E-state index in [0.717, 1.165) is 12.8 Å². The van der Waals surface area contributed by atoms with Crippen molar-refractivity contribution in [3.05, 3.63) is 0 Å². The topological polar surface area (TPSA) is 110 Å². The Hall–Kier alpha value is -1.35. The van der Waals surface area contributed by atoms with Crippen molar-refractivity contribution in [2.45, 2.75) is 51.7 Å². The second-order valence-corrected chi connectivity index (χ2v) is 9.33. The van der Waals surface area contributed by atoms with Crippen LogP contribution in [-0.2, 0) is 19.6 Å². The molecular formula is C15H27N3O5S. The molecule has 24 heavy (non-hydrogen) atoms. The lowest BCUT2D eigenvalue weighted by atomic mass is 10.0. The van der Waals surface area contributed by atoms with E-state index in [4.69, 9.17) is 9.88 Å². The summed E-state index contributed by atoms with van der Waals surface area (Å²) in [4.78, 5) is 27.8. The molecule has 2 atom stereocenters. The summed E-state index contributed by atoms with van der Waals surface area (Å²) >= 11 is 0. The molecule has 9 heteroatoms. The zero-order valence-corrected chi connectivity index (χ0v) is 15.3. The Morgan fingerprint density at radius 3 is 2.58 bits per heavy atom. The third-order valence-corrected chi connectivity index (χ3v) is 5.13. The first-order valence-electron chi connectivity index (χ1n) is 8.22. The quantitative estimate of drug-likeness (QED) is 0.788. The molecule has 2 amide bonds. The van der Waals surface area contributed by atoms with E-state index in [1.54, 1.807) is 9.80 Å². The molecule has 0 radical (unpaired) electrons. The first kappa shape index (κ1) is 19.0. The number of rotatable bonds is 3. The van der Waals surface area contributed by atoms with Crippen molar-refractivity contribution >= 4 is 22.0 Å². The van der Waals surface area contributed by atoms with Gasteiger partial charge in [-0.1, -0.05) is 0 Å². The molecular weight excluding hydrogens is 334 g/mol. The number of ether oxygens (including phenoxy) is 1. The molecule has 2 rings (SSSR count). The average molecular weight is 361 g/mol. The minimum atomic E-state index is -3.59. The lowest BCUT2D eigenvalue weighted by Crippen LogP contribution is -2.51. The van der Waals surface area contributed by atoms with Crippen LogP contribution in [0.25, 0.3) is 0 Å². The molecule has 1 unspecified atom stereocenters. The number of amides is 2. The van der Waals surface area contributed by atoms with E-state index in [9.17, 15) is 18.0 Å². The summed E-state index contributed by atoms with van der Waals surface area (Å²) in [5, 5.41) is 5.08. The van der Waals surface area contributed by atoms with E-state index in [1.165, 1.54) is 0 Å². The summed E-state index contributed by atoms with van der Waals surface area (Å²) < 4.78 is 27.8. The van der Waals surface area contributed by atoms with E-state index < -0.39 is 15.6 Å². The van der Waals surface area contributed by atoms with Crippen molar-refractivity contribution in [3.63, 3.8) is 0 Å². The first-order chi connectivity index (χ1) is 10.9. The van der Waals surface area contributed by atoms with Crippen molar-refractivity contribution in [1.82, 2.24) is 9.80 Å². The van der Waals surface area contributed by atoms with Gasteiger partial charge in [0.15, 0.2) is 0 Å². The number of hydrogen-bond donors (Lipinski definition) is 1. The standard InChI is InChI=1S/C15H27N3O5S/c1-15(2,3)23-14(20)17-6-4-5-12(9-17)18-8-11(7-13(18)19)10-24(16,21)22/h11-12H,4-10H2,1-3H3,(H2,16,21,22)/t11?,12-/m1/s1. The Morgan fingerprint density at radius 2 is 2.00 bits per heavy atom. The first-order valence-corrected chi connectivity index (χ1v) is 9.94. The summed E-state index contributed by atoms with van der Waals surface area (Å²) in [6.07, 6.45) is 1.40. The fourth-order valence-electron chi connectivity index (χ4n) is 3.30. The van der Waals surface area contributed by atoms with Gasteiger partial charge in [0, 0.05) is 38.0 Å². The van der Waals surface area contributed by atoms with Crippen molar-refractivity contribution in [3.8, 4) is 0 Å². The van der Waals surface area contributed by atoms with E-state index >= 15 is 0 Å². The summed E-state index contributed by atoms with van der Waals surface area (Å²) in [5.74, 6) is -0.526. The van der Waals surface area contributed by atoms with Gasteiger partial charge in [0.2, 0.25) is 15.9 Å². The van der Waals surface area contributed by atoms with Gasteiger partial charge in [0.25, 0.3) is 0 Å². The molecule has 2 aliphatic rings. The van der Waals surface area contributed by atoms with Gasteiger partial charge in [-0.05, 0) is 33.6 Å². The van der Waals surface area contributed by atoms with Gasteiger partial charge in [0.05, 0.1) is 5.75 Å². The molecule has 0 spiro atoms. The number of hydrogen-bond acceptors (Lipinski definition) is 5. The normalized spacial score (nSPS) is 25.9. The molecule has 2 fully saturated rings. The number of primary sulfonamides is 1. The number of nitrogens with zero attached hydrogens (tertiary/aromatic N) is 2. The van der Waals surface area contributed by atoms with Crippen LogP contribution in [0, 0.1) is 5.92 Å². The third kappa shape index (κ3) is 5.34. The van der Waals surface area contributed by atoms with Crippen LogP contribution in [0.1, 0.15) is 40.0 Å². The van der Waals surface area contributed by atoms with Crippen molar-refractivity contribution in [1.29, 1.82) is 0 Å². The molecule has 0 bridgehead atoms. The van der Waals surface area contributed by atoms with E-state index in [0.29, 0.717) is 19.6 Å². The number of carbonyl (C=O) groups is 2. The molecule has 2 saturated heterocycles. The van der Waals surface area contributed by atoms with E-state index in [2.05, 4.69) is 0 Å². The van der Waals surface area contributed by atoms with Crippen molar-refractivity contribution in [2.75, 3.05) is 25.4 Å². The van der Waals surface area contributed by atoms with Crippen LogP contribution in [0.4, 0.5) is 4.79 Å². The molecule has 0 aliphatic carbocycles. The third-order valence-electron chi connectivity index (χ3n) is 4.20. The molecule has 0 aromatic carbocycles. The van der Waals surface area contributed by atoms with Crippen LogP contribution in [0.5, 0.6) is 0 Å². The maximum atomic E-state index is 12.2. The second kappa shape index (κ2) is 6.87. The maximum Gasteiger partial charge on any atom is 0.410 e. The summed E-state index contributed by atoms with van der Waals surface area (Å²) in [5.41, 5.74) is -0.561. The van der Waals surface area contributed by atoms with Crippen LogP contribution in [-0.4, -0.2) is 67.2 Å². The minimum absolute atomic E-state index is 0.0697. The number of carbonyl (C=O) groups excluding carboxylic acids is 2. The zero-order valence-electron chi connectivity index (χ0n) is 14.5. The van der Waals surface area contributed by atoms with Crippen molar-refractivity contribution < 1.29 is 22.7 Å². The second-order valence-electron chi connectivity index (χ2n) is 7.67. The monoisotopic (exact) mass is 361 g/mol. The highest BCUT2D eigenvalue weighted by molar-refractivity contribution is 7.89. The zero-order chi connectivity index (χ0) is 18.1. The lowest BCUT2D eigenvalue weighted by molar-refractivity contribution is -0.130. The van der Waals surface area contributed by atoms with Gasteiger partial charge in [0.1, 0.15) is 5.60 Å². The van der Waals surface area contributed by atoms with Gasteiger partial charge in [-0.2, -0.15) is 0 Å². The summed E-state index contributed by atoms with van der Waals surface area (Å²) in [6, 6.07) is -0.0933. The molecule has 2 aliphatic heterocycles. The van der Waals surface area contributed by atoms with Crippen LogP contribution in [0.15, 0.2) is 0 Å². The fraction of sp³-hybridized carbons (Fsp3) is 0.867. The SMILES string of the molecule is CC(C)(C)OC(=O)N1CCC[C@@H](N2CC(CS(N)(=O)=O)CC2=O)C1. The fourth-order valence-corrected chi connectivity index (χ4v) is 4.18. The maximum absolute atomic E-state index is 12.2. The molecule has 0 aromatic heterocycles. The summed E-state index contributed by atoms with van der Waals surface area (Å²) in [6.45, 7) is 6.84. The Kier molecular flexibility index (Phi) is 5.44. The van der Waals surface area contributed by atoms with Gasteiger partial charge >= 0.3 is 6.09 Å². The molecule has 8 nitrogen and oxygen atoms in total. The van der Waals surface area contributed by atoms with Gasteiger partial charge in [-0.15, -0.1) is 0 Å². The predicted octanol–water partition coefficient (Wildman–Crippen LogP) is 0.523. The van der Waals surface area contributed by atoms with Crippen LogP contribution in [0.2, 0.25) is 0 Å². The molecule has 0 saturated carbocycles. The Labute approximate surface area is 143 Å². The molecule has 2 N–H and O–H groups in total. The highest BCUT2D eigenvalue weighted by Gasteiger charge is 2.38. The van der Waals surface area contributed by atoms with Crippen LogP contribution < -0.4 is 5.14 Å². The Bertz CT molecular complexity index is 599.